The highest BCUT2D eigenvalue weighted by atomic mass is 19.1. The van der Waals surface area contributed by atoms with Crippen LogP contribution in [0.15, 0.2) is 48.5 Å². The molecule has 8 heteroatoms. The summed E-state index contributed by atoms with van der Waals surface area (Å²) in [4.78, 5) is 6.69. The van der Waals surface area contributed by atoms with Crippen LogP contribution in [0.3, 0.4) is 0 Å². The Hall–Kier alpha value is -3.00. The van der Waals surface area contributed by atoms with Gasteiger partial charge in [-0.3, -0.25) is 4.90 Å². The number of anilines is 2. The molecule has 1 aromatic heterocycles. The second-order valence-electron chi connectivity index (χ2n) is 9.28. The van der Waals surface area contributed by atoms with Gasteiger partial charge in [0.15, 0.2) is 5.82 Å². The van der Waals surface area contributed by atoms with Crippen LogP contribution in [0.5, 0.6) is 0 Å². The van der Waals surface area contributed by atoms with Crippen LogP contribution in [0.4, 0.5) is 15.8 Å². The Morgan fingerprint density at radius 3 is 2.30 bits per heavy atom. The Labute approximate surface area is 194 Å². The molecule has 33 heavy (non-hydrogen) atoms. The van der Waals surface area contributed by atoms with E-state index in [1.165, 1.54) is 24.5 Å². The van der Waals surface area contributed by atoms with Crippen molar-refractivity contribution in [3.05, 3.63) is 65.7 Å². The minimum absolute atomic E-state index is 0.0282. The summed E-state index contributed by atoms with van der Waals surface area (Å²) in [5.41, 5.74) is 3.03. The van der Waals surface area contributed by atoms with Crippen LogP contribution >= 0.6 is 0 Å². The number of aromatic nitrogens is 4. The molecule has 1 unspecified atom stereocenters. The molecule has 0 spiro atoms. The second-order valence-corrected chi connectivity index (χ2v) is 9.28. The molecule has 0 radical (unpaired) electrons. The number of benzene rings is 2. The van der Waals surface area contributed by atoms with Crippen LogP contribution in [0, 0.1) is 5.82 Å². The summed E-state index contributed by atoms with van der Waals surface area (Å²) < 4.78 is 16.4. The maximum atomic E-state index is 14.4. The van der Waals surface area contributed by atoms with Crippen molar-refractivity contribution in [3.63, 3.8) is 0 Å². The Balaban J connectivity index is 1.44. The molecule has 1 aliphatic carbocycles. The molecule has 1 saturated heterocycles. The summed E-state index contributed by atoms with van der Waals surface area (Å²) in [6.45, 7) is 3.15. The van der Waals surface area contributed by atoms with E-state index in [9.17, 15) is 4.39 Å². The van der Waals surface area contributed by atoms with E-state index in [0.29, 0.717) is 11.7 Å². The smallest absolute Gasteiger partial charge is 0.173 e. The third-order valence-corrected chi connectivity index (χ3v) is 7.03. The lowest BCUT2D eigenvalue weighted by Gasteiger charge is -2.40. The first-order chi connectivity index (χ1) is 16.1. The predicted octanol–water partition coefficient (Wildman–Crippen LogP) is 3.90. The van der Waals surface area contributed by atoms with Crippen molar-refractivity contribution in [2.24, 2.45) is 0 Å². The molecule has 5 rings (SSSR count). The van der Waals surface area contributed by atoms with Crippen LogP contribution in [-0.2, 0) is 0 Å². The molecule has 0 amide bonds. The molecule has 1 aliphatic heterocycles. The van der Waals surface area contributed by atoms with Gasteiger partial charge in [0.25, 0.3) is 0 Å². The third-order valence-electron chi connectivity index (χ3n) is 7.03. The average Bonchev–Trinajstić information content (AvgIpc) is 3.53. The fourth-order valence-corrected chi connectivity index (χ4v) is 5.20. The summed E-state index contributed by atoms with van der Waals surface area (Å²) >= 11 is 0. The first-order valence-corrected chi connectivity index (χ1v) is 11.9. The topological polar surface area (TPSA) is 53.3 Å². The van der Waals surface area contributed by atoms with Gasteiger partial charge in [-0.2, -0.15) is 0 Å². The van der Waals surface area contributed by atoms with E-state index in [1.54, 1.807) is 6.07 Å². The highest BCUT2D eigenvalue weighted by molar-refractivity contribution is 5.49. The molecule has 1 atom stereocenters. The largest absolute Gasteiger partial charge is 0.378 e. The van der Waals surface area contributed by atoms with Gasteiger partial charge in [-0.15, -0.1) is 5.10 Å². The fraction of sp³-hybridized carbons (Fsp3) is 0.480. The number of hydrogen-bond acceptors (Lipinski definition) is 6. The van der Waals surface area contributed by atoms with Crippen molar-refractivity contribution in [3.8, 4) is 0 Å². The van der Waals surface area contributed by atoms with Crippen LogP contribution in [-0.4, -0.2) is 65.4 Å². The molecular formula is C25H32FN7. The minimum Gasteiger partial charge on any atom is -0.378 e. The van der Waals surface area contributed by atoms with Crippen molar-refractivity contribution in [1.82, 2.24) is 25.1 Å². The summed E-state index contributed by atoms with van der Waals surface area (Å²) in [6.07, 6.45) is 4.72. The Morgan fingerprint density at radius 1 is 0.939 bits per heavy atom. The lowest BCUT2D eigenvalue weighted by molar-refractivity contribution is 0.197. The van der Waals surface area contributed by atoms with Crippen molar-refractivity contribution in [2.75, 3.05) is 50.1 Å². The first-order valence-electron chi connectivity index (χ1n) is 11.9. The Bertz CT molecular complexity index is 1050. The van der Waals surface area contributed by atoms with E-state index >= 15 is 0 Å². The summed E-state index contributed by atoms with van der Waals surface area (Å²) in [6, 6.07) is 16.1. The molecule has 1 saturated carbocycles. The highest BCUT2D eigenvalue weighted by Gasteiger charge is 2.33. The molecule has 3 aromatic rings. The van der Waals surface area contributed by atoms with Crippen LogP contribution in [0.2, 0.25) is 0 Å². The standard InChI is InChI=1S/C25H32FN7/c1-30(2)20-13-11-19(12-14-20)24(25-27-28-29-33(25)21-7-3-4-8-21)32-17-15-31(16-18-32)23-10-6-5-9-22(23)26/h5-6,9-14,21,24H,3-4,7-8,15-18H2,1-2H3. The lowest BCUT2D eigenvalue weighted by Crippen LogP contribution is -2.48. The van der Waals surface area contributed by atoms with Crippen LogP contribution < -0.4 is 9.80 Å². The van der Waals surface area contributed by atoms with E-state index < -0.39 is 0 Å². The van der Waals surface area contributed by atoms with E-state index in [2.05, 4.69) is 73.3 Å². The van der Waals surface area contributed by atoms with Gasteiger partial charge >= 0.3 is 0 Å². The molecular weight excluding hydrogens is 417 g/mol. The Kier molecular flexibility index (Phi) is 6.26. The first kappa shape index (κ1) is 21.8. The zero-order valence-corrected chi connectivity index (χ0v) is 19.4. The summed E-state index contributed by atoms with van der Waals surface area (Å²) in [7, 11) is 4.10. The summed E-state index contributed by atoms with van der Waals surface area (Å²) in [5.74, 6) is 0.755. The molecule has 2 heterocycles. The molecule has 0 N–H and O–H groups in total. The van der Waals surface area contributed by atoms with E-state index in [1.807, 2.05) is 12.1 Å². The van der Waals surface area contributed by atoms with E-state index in [4.69, 9.17) is 0 Å². The maximum absolute atomic E-state index is 14.4. The number of hydrogen-bond donors (Lipinski definition) is 0. The van der Waals surface area contributed by atoms with Gasteiger partial charge in [-0.25, -0.2) is 9.07 Å². The zero-order chi connectivity index (χ0) is 22.8. The molecule has 174 valence electrons. The van der Waals surface area contributed by atoms with E-state index in [-0.39, 0.29) is 11.9 Å². The van der Waals surface area contributed by atoms with Gasteiger partial charge < -0.3 is 9.80 Å². The van der Waals surface area contributed by atoms with Gasteiger partial charge in [-0.05, 0) is 53.1 Å². The average molecular weight is 450 g/mol. The number of para-hydroxylation sites is 1. The lowest BCUT2D eigenvalue weighted by atomic mass is 10.0. The van der Waals surface area contributed by atoms with Crippen molar-refractivity contribution in [1.29, 1.82) is 0 Å². The van der Waals surface area contributed by atoms with E-state index in [0.717, 1.165) is 50.5 Å². The maximum Gasteiger partial charge on any atom is 0.173 e. The molecule has 2 aliphatic rings. The quantitative estimate of drug-likeness (QED) is 0.569. The zero-order valence-electron chi connectivity index (χ0n) is 19.4. The van der Waals surface area contributed by atoms with Crippen molar-refractivity contribution < 1.29 is 4.39 Å². The Morgan fingerprint density at radius 2 is 1.64 bits per heavy atom. The van der Waals surface area contributed by atoms with Crippen LogP contribution in [0.1, 0.15) is 49.2 Å². The van der Waals surface area contributed by atoms with Gasteiger partial charge in [0, 0.05) is 46.0 Å². The molecule has 2 aromatic carbocycles. The van der Waals surface area contributed by atoms with Gasteiger partial charge in [0.1, 0.15) is 5.82 Å². The highest BCUT2D eigenvalue weighted by Crippen LogP contribution is 2.35. The minimum atomic E-state index is -0.160. The van der Waals surface area contributed by atoms with Crippen LogP contribution in [0.25, 0.3) is 0 Å². The fourth-order valence-electron chi connectivity index (χ4n) is 5.20. The van der Waals surface area contributed by atoms with Gasteiger partial charge in [0.05, 0.1) is 17.8 Å². The monoisotopic (exact) mass is 449 g/mol. The SMILES string of the molecule is CN(C)c1ccc(C(c2nnnn2C2CCCC2)N2CCN(c3ccccc3F)CC2)cc1. The molecule has 0 bridgehead atoms. The van der Waals surface area contributed by atoms with Crippen molar-refractivity contribution >= 4 is 11.4 Å². The molecule has 2 fully saturated rings. The molecule has 7 nitrogen and oxygen atoms in total. The normalized spacial score (nSPS) is 18.6. The predicted molar refractivity (Wildman–Crippen MR) is 128 cm³/mol. The number of rotatable bonds is 6. The van der Waals surface area contributed by atoms with Gasteiger partial charge in [-0.1, -0.05) is 37.1 Å². The third kappa shape index (κ3) is 4.44. The second kappa shape index (κ2) is 9.47. The van der Waals surface area contributed by atoms with Gasteiger partial charge in [0.2, 0.25) is 0 Å². The number of halogens is 1. The number of nitrogens with zero attached hydrogens (tertiary/aromatic N) is 7. The van der Waals surface area contributed by atoms with Crippen molar-refractivity contribution in [2.45, 2.75) is 37.8 Å². The number of tetrazole rings is 1. The summed E-state index contributed by atoms with van der Waals surface area (Å²) in [5, 5.41) is 13.1. The number of piperazine rings is 1.